The van der Waals surface area contributed by atoms with E-state index in [0.717, 1.165) is 31.1 Å². The van der Waals surface area contributed by atoms with Crippen LogP contribution in [0.15, 0.2) is 5.38 Å². The molecule has 0 radical (unpaired) electrons. The predicted octanol–water partition coefficient (Wildman–Crippen LogP) is 1.02. The molecule has 102 valence electrons. The molecule has 1 heterocycles. The Hall–Kier alpha value is -0.980. The molecule has 18 heavy (non-hydrogen) atoms. The van der Waals surface area contributed by atoms with Crippen molar-refractivity contribution in [2.24, 2.45) is 5.73 Å². The maximum Gasteiger partial charge on any atom is 0.273 e. The Bertz CT molecular complexity index is 378. The fraction of sp³-hybridized carbons (Fsp3) is 0.667. The first kappa shape index (κ1) is 15.1. The molecule has 0 atom stereocenters. The van der Waals surface area contributed by atoms with E-state index in [9.17, 15) is 4.79 Å². The summed E-state index contributed by atoms with van der Waals surface area (Å²) in [5.41, 5.74) is 6.03. The molecule has 6 heteroatoms. The molecule has 0 bridgehead atoms. The summed E-state index contributed by atoms with van der Waals surface area (Å²) < 4.78 is 0. The van der Waals surface area contributed by atoms with E-state index in [1.807, 2.05) is 19.0 Å². The number of thiazole rings is 1. The van der Waals surface area contributed by atoms with Crippen LogP contribution in [0.4, 0.5) is 0 Å². The minimum atomic E-state index is 0.00894. The van der Waals surface area contributed by atoms with Crippen LogP contribution in [0, 0.1) is 0 Å². The number of nitrogens with two attached hydrogens (primary N) is 1. The Morgan fingerprint density at radius 1 is 1.39 bits per heavy atom. The van der Waals surface area contributed by atoms with Crippen LogP contribution < -0.4 is 5.73 Å². The maximum absolute atomic E-state index is 12.3. The van der Waals surface area contributed by atoms with Gasteiger partial charge in [-0.15, -0.1) is 11.3 Å². The van der Waals surface area contributed by atoms with Crippen molar-refractivity contribution < 1.29 is 4.79 Å². The third-order valence-corrected chi connectivity index (χ3v) is 3.41. The average Bonchev–Trinajstić information content (AvgIpc) is 2.82. The highest BCUT2D eigenvalue weighted by Gasteiger charge is 2.17. The van der Waals surface area contributed by atoms with Crippen LogP contribution in [0.3, 0.4) is 0 Å². The monoisotopic (exact) mass is 270 g/mol. The number of nitrogens with zero attached hydrogens (tertiary/aromatic N) is 3. The van der Waals surface area contributed by atoms with E-state index in [1.54, 1.807) is 5.38 Å². The number of likely N-dealkylation sites (N-methyl/N-ethyl adjacent to an activating group) is 1. The second-order valence-electron chi connectivity index (χ2n) is 4.43. The number of hydrogen-bond donors (Lipinski definition) is 1. The van der Waals surface area contributed by atoms with Gasteiger partial charge in [-0.3, -0.25) is 4.79 Å². The fourth-order valence-electron chi connectivity index (χ4n) is 1.57. The zero-order valence-corrected chi connectivity index (χ0v) is 12.2. The van der Waals surface area contributed by atoms with Crippen LogP contribution in [-0.2, 0) is 6.54 Å². The molecular weight excluding hydrogens is 248 g/mol. The lowest BCUT2D eigenvalue weighted by molar-refractivity contribution is 0.0739. The molecular formula is C12H22N4OS. The Balaban J connectivity index is 2.68. The Kier molecular flexibility index (Phi) is 6.24. The van der Waals surface area contributed by atoms with E-state index in [1.165, 1.54) is 11.3 Å². The van der Waals surface area contributed by atoms with Gasteiger partial charge in [0.05, 0.1) is 0 Å². The van der Waals surface area contributed by atoms with Crippen molar-refractivity contribution in [2.75, 3.05) is 33.7 Å². The molecule has 1 aromatic heterocycles. The molecule has 0 aliphatic heterocycles. The van der Waals surface area contributed by atoms with E-state index in [4.69, 9.17) is 5.73 Å². The van der Waals surface area contributed by atoms with Crippen molar-refractivity contribution >= 4 is 17.2 Å². The van der Waals surface area contributed by atoms with Crippen molar-refractivity contribution in [3.8, 4) is 0 Å². The number of rotatable bonds is 7. The van der Waals surface area contributed by atoms with Crippen LogP contribution >= 0.6 is 11.3 Å². The molecule has 1 rings (SSSR count). The second-order valence-corrected chi connectivity index (χ2v) is 5.37. The first-order chi connectivity index (χ1) is 8.58. The van der Waals surface area contributed by atoms with Gasteiger partial charge < -0.3 is 15.5 Å². The first-order valence-corrected chi connectivity index (χ1v) is 7.05. The minimum Gasteiger partial charge on any atom is -0.336 e. The number of carbonyl (C=O) groups is 1. The van der Waals surface area contributed by atoms with Gasteiger partial charge in [0, 0.05) is 31.6 Å². The lowest BCUT2D eigenvalue weighted by Gasteiger charge is -2.23. The van der Waals surface area contributed by atoms with Crippen molar-refractivity contribution in [3.05, 3.63) is 16.1 Å². The third kappa shape index (κ3) is 4.36. The highest BCUT2D eigenvalue weighted by atomic mass is 32.1. The third-order valence-electron chi connectivity index (χ3n) is 2.54. The van der Waals surface area contributed by atoms with E-state index in [0.29, 0.717) is 12.2 Å². The highest BCUT2D eigenvalue weighted by Crippen LogP contribution is 2.11. The quantitative estimate of drug-likeness (QED) is 0.803. The van der Waals surface area contributed by atoms with Gasteiger partial charge in [-0.25, -0.2) is 4.98 Å². The molecule has 1 amide bonds. The Labute approximate surface area is 113 Å². The molecule has 0 saturated carbocycles. The fourth-order valence-corrected chi connectivity index (χ4v) is 2.22. The Morgan fingerprint density at radius 3 is 2.61 bits per heavy atom. The van der Waals surface area contributed by atoms with Crippen LogP contribution in [0.2, 0.25) is 0 Å². The van der Waals surface area contributed by atoms with E-state index in [2.05, 4.69) is 16.8 Å². The summed E-state index contributed by atoms with van der Waals surface area (Å²) in [7, 11) is 4.01. The lowest BCUT2D eigenvalue weighted by Crippen LogP contribution is -2.37. The van der Waals surface area contributed by atoms with Gasteiger partial charge in [-0.05, 0) is 20.5 Å². The Morgan fingerprint density at radius 2 is 2.11 bits per heavy atom. The zero-order valence-electron chi connectivity index (χ0n) is 11.3. The summed E-state index contributed by atoms with van der Waals surface area (Å²) in [5, 5.41) is 2.60. The van der Waals surface area contributed by atoms with Crippen LogP contribution in [0.25, 0.3) is 0 Å². The number of amides is 1. The van der Waals surface area contributed by atoms with E-state index in [-0.39, 0.29) is 5.91 Å². The van der Waals surface area contributed by atoms with Gasteiger partial charge in [0.2, 0.25) is 0 Å². The number of hydrogen-bond acceptors (Lipinski definition) is 5. The molecule has 0 unspecified atom stereocenters. The summed E-state index contributed by atoms with van der Waals surface area (Å²) in [6.45, 7) is 4.82. The van der Waals surface area contributed by atoms with E-state index < -0.39 is 0 Å². The molecule has 0 saturated heterocycles. The first-order valence-electron chi connectivity index (χ1n) is 6.17. The molecule has 0 spiro atoms. The normalized spacial score (nSPS) is 10.9. The molecule has 1 aromatic rings. The smallest absolute Gasteiger partial charge is 0.273 e. The SMILES string of the molecule is CCCN(CCN(C)C)C(=O)c1csc(CN)n1. The lowest BCUT2D eigenvalue weighted by atomic mass is 10.3. The van der Waals surface area contributed by atoms with Gasteiger partial charge in [0.1, 0.15) is 10.7 Å². The van der Waals surface area contributed by atoms with Gasteiger partial charge >= 0.3 is 0 Å². The maximum atomic E-state index is 12.3. The second kappa shape index (κ2) is 7.45. The molecule has 0 aliphatic carbocycles. The number of aromatic nitrogens is 1. The largest absolute Gasteiger partial charge is 0.336 e. The van der Waals surface area contributed by atoms with Crippen molar-refractivity contribution in [3.63, 3.8) is 0 Å². The van der Waals surface area contributed by atoms with Crippen molar-refractivity contribution in [2.45, 2.75) is 19.9 Å². The topological polar surface area (TPSA) is 62.5 Å². The van der Waals surface area contributed by atoms with Crippen molar-refractivity contribution in [1.82, 2.24) is 14.8 Å². The average molecular weight is 270 g/mol. The zero-order chi connectivity index (χ0) is 13.5. The van der Waals surface area contributed by atoms with Gasteiger partial charge in [0.25, 0.3) is 5.91 Å². The standard InChI is InChI=1S/C12H22N4OS/c1-4-5-16(7-6-15(2)3)12(17)10-9-18-11(8-13)14-10/h9H,4-8,13H2,1-3H3. The van der Waals surface area contributed by atoms with Gasteiger partial charge in [0.15, 0.2) is 0 Å². The summed E-state index contributed by atoms with van der Waals surface area (Å²) in [4.78, 5) is 20.5. The minimum absolute atomic E-state index is 0.00894. The molecule has 2 N–H and O–H groups in total. The number of carbonyl (C=O) groups excluding carboxylic acids is 1. The van der Waals surface area contributed by atoms with Gasteiger partial charge in [-0.2, -0.15) is 0 Å². The summed E-state index contributed by atoms with van der Waals surface area (Å²) >= 11 is 1.44. The molecule has 5 nitrogen and oxygen atoms in total. The molecule has 0 aromatic carbocycles. The van der Waals surface area contributed by atoms with E-state index >= 15 is 0 Å². The summed E-state index contributed by atoms with van der Waals surface area (Å²) in [6, 6.07) is 0. The summed E-state index contributed by atoms with van der Waals surface area (Å²) in [5.74, 6) is 0.00894. The molecule has 0 fully saturated rings. The van der Waals surface area contributed by atoms with Crippen molar-refractivity contribution in [1.29, 1.82) is 0 Å². The summed E-state index contributed by atoms with van der Waals surface area (Å²) in [6.07, 6.45) is 0.951. The predicted molar refractivity (Wildman–Crippen MR) is 74.8 cm³/mol. The highest BCUT2D eigenvalue weighted by molar-refractivity contribution is 7.09. The van der Waals surface area contributed by atoms with Crippen LogP contribution in [0.5, 0.6) is 0 Å². The van der Waals surface area contributed by atoms with Crippen LogP contribution in [0.1, 0.15) is 28.8 Å². The van der Waals surface area contributed by atoms with Gasteiger partial charge in [-0.1, -0.05) is 6.92 Å². The molecule has 0 aliphatic rings. The van der Waals surface area contributed by atoms with Crippen LogP contribution in [-0.4, -0.2) is 54.4 Å².